The van der Waals surface area contributed by atoms with Crippen molar-refractivity contribution in [2.24, 2.45) is 10.2 Å². The molecule has 0 aromatic rings. The average Bonchev–Trinajstić information content (AvgIpc) is 2.09. The highest BCUT2D eigenvalue weighted by atomic mass is 15.6. The van der Waals surface area contributed by atoms with Crippen molar-refractivity contribution in [3.05, 3.63) is 0 Å². The van der Waals surface area contributed by atoms with E-state index in [1.807, 2.05) is 13.8 Å². The van der Waals surface area contributed by atoms with Crippen LogP contribution in [0.1, 0.15) is 46.5 Å². The largest absolute Gasteiger partial charge is 0.186 e. The third-order valence-electron chi connectivity index (χ3n) is 1.69. The number of hydrogen-bond acceptors (Lipinski definition) is 3. The highest BCUT2D eigenvalue weighted by Gasteiger charge is 1.96. The first-order chi connectivity index (χ1) is 6.20. The van der Waals surface area contributed by atoms with E-state index in [-0.39, 0.29) is 0 Å². The van der Waals surface area contributed by atoms with Crippen LogP contribution in [0.4, 0.5) is 0 Å². The van der Waals surface area contributed by atoms with E-state index in [0.29, 0.717) is 0 Å². The molecule has 0 saturated heterocycles. The second-order valence-corrected chi connectivity index (χ2v) is 3.35. The van der Waals surface area contributed by atoms with Crippen molar-refractivity contribution in [1.29, 1.82) is 0 Å². The Morgan fingerprint density at radius 3 is 2.38 bits per heavy atom. The molecule has 0 bridgehead atoms. The van der Waals surface area contributed by atoms with Gasteiger partial charge in [-0.15, -0.1) is 0 Å². The first kappa shape index (κ1) is 12.1. The fourth-order valence-corrected chi connectivity index (χ4v) is 1.06. The van der Waals surface area contributed by atoms with Crippen LogP contribution in [-0.2, 0) is 0 Å². The zero-order valence-corrected chi connectivity index (χ0v) is 9.08. The van der Waals surface area contributed by atoms with Crippen molar-refractivity contribution in [3.63, 3.8) is 0 Å². The molecule has 13 heavy (non-hydrogen) atoms. The normalized spacial score (nSPS) is 9.46. The van der Waals surface area contributed by atoms with Gasteiger partial charge in [0.1, 0.15) is 0 Å². The molecule has 0 rings (SSSR count). The smallest absolute Gasteiger partial charge is 0.0606 e. The van der Waals surface area contributed by atoms with Gasteiger partial charge in [0.05, 0.1) is 6.54 Å². The predicted molar refractivity (Wildman–Crippen MR) is 59.2 cm³/mol. The predicted octanol–water partition coefficient (Wildman–Crippen LogP) is 2.88. The Labute approximate surface area is 81.5 Å². The third-order valence-corrected chi connectivity index (χ3v) is 1.69. The van der Waals surface area contributed by atoms with Gasteiger partial charge in [0.2, 0.25) is 0 Å². The van der Waals surface area contributed by atoms with E-state index in [9.17, 15) is 0 Å². The van der Waals surface area contributed by atoms with E-state index in [1.54, 1.807) is 5.12 Å². The van der Waals surface area contributed by atoms with E-state index >= 15 is 0 Å². The zero-order chi connectivity index (χ0) is 10.1. The molecule has 76 valence electrons. The van der Waals surface area contributed by atoms with Gasteiger partial charge in [-0.1, -0.05) is 26.2 Å². The molecule has 0 unspecified atom stereocenters. The third kappa shape index (κ3) is 7.50. The van der Waals surface area contributed by atoms with Crippen molar-refractivity contribution in [1.82, 2.24) is 5.12 Å². The maximum Gasteiger partial charge on any atom is 0.0606 e. The van der Waals surface area contributed by atoms with E-state index in [1.165, 1.54) is 19.3 Å². The molecule has 0 radical (unpaired) electrons. The van der Waals surface area contributed by atoms with Crippen LogP contribution in [0.15, 0.2) is 10.2 Å². The van der Waals surface area contributed by atoms with Crippen molar-refractivity contribution >= 4 is 12.4 Å². The summed E-state index contributed by atoms with van der Waals surface area (Å²) in [6, 6.07) is 0. The zero-order valence-electron chi connectivity index (χ0n) is 9.08. The maximum absolute atomic E-state index is 4.21. The van der Waals surface area contributed by atoms with Gasteiger partial charge in [0.15, 0.2) is 0 Å². The fourth-order valence-electron chi connectivity index (χ4n) is 1.06. The van der Waals surface area contributed by atoms with E-state index in [2.05, 4.69) is 23.8 Å². The first-order valence-corrected chi connectivity index (χ1v) is 4.96. The fraction of sp³-hybridized carbons (Fsp3) is 0.800. The maximum atomic E-state index is 4.21. The van der Waals surface area contributed by atoms with Crippen LogP contribution in [0.3, 0.4) is 0 Å². The van der Waals surface area contributed by atoms with Crippen molar-refractivity contribution in [2.45, 2.75) is 46.5 Å². The van der Waals surface area contributed by atoms with Crippen molar-refractivity contribution < 1.29 is 0 Å². The number of nitrogens with zero attached hydrogens (tertiary/aromatic N) is 3. The van der Waals surface area contributed by atoms with E-state index < -0.39 is 0 Å². The topological polar surface area (TPSA) is 28.0 Å². The molecular weight excluding hydrogens is 162 g/mol. The lowest BCUT2D eigenvalue weighted by molar-refractivity contribution is 0.298. The molecule has 0 aliphatic rings. The van der Waals surface area contributed by atoms with Crippen LogP contribution >= 0.6 is 0 Å². The summed E-state index contributed by atoms with van der Waals surface area (Å²) in [4.78, 5) is 0. The van der Waals surface area contributed by atoms with E-state index in [4.69, 9.17) is 0 Å². The van der Waals surface area contributed by atoms with Gasteiger partial charge in [-0.05, 0) is 20.3 Å². The van der Waals surface area contributed by atoms with Crippen LogP contribution < -0.4 is 0 Å². The summed E-state index contributed by atoms with van der Waals surface area (Å²) in [7, 11) is 0. The molecule has 0 saturated carbocycles. The molecule has 0 amide bonds. The minimum atomic E-state index is 0.884. The van der Waals surface area contributed by atoms with Crippen molar-refractivity contribution in [3.8, 4) is 0 Å². The Bertz CT molecular complexity index is 160. The Kier molecular flexibility index (Phi) is 7.26. The summed E-state index contributed by atoms with van der Waals surface area (Å²) in [5.41, 5.74) is 1.02. The molecule has 0 N–H and O–H groups in total. The Morgan fingerprint density at radius 1 is 1.23 bits per heavy atom. The summed E-state index contributed by atoms with van der Waals surface area (Å²) in [5.74, 6) is 0. The molecule has 0 aliphatic heterocycles. The highest BCUT2D eigenvalue weighted by molar-refractivity contribution is 5.78. The average molecular weight is 183 g/mol. The Hall–Kier alpha value is -0.860. The highest BCUT2D eigenvalue weighted by Crippen LogP contribution is 2.02. The summed E-state index contributed by atoms with van der Waals surface area (Å²) < 4.78 is 0. The van der Waals surface area contributed by atoms with E-state index in [0.717, 1.165) is 18.7 Å². The standard InChI is InChI=1S/C10H21N3/c1-5-6-7-8-9-13(11-4)12-10(2)3/h4-9H2,1-3H3. The SMILES string of the molecule is C=NN(CCCCCC)N=C(C)C. The number of unbranched alkanes of at least 4 members (excludes halogenated alkanes) is 3. The summed E-state index contributed by atoms with van der Waals surface area (Å²) in [6.07, 6.45) is 4.95. The van der Waals surface area contributed by atoms with Gasteiger partial charge in [-0.3, -0.25) is 0 Å². The molecule has 3 heteroatoms. The monoisotopic (exact) mass is 183 g/mol. The van der Waals surface area contributed by atoms with Crippen LogP contribution in [0.2, 0.25) is 0 Å². The van der Waals surface area contributed by atoms with Gasteiger partial charge in [-0.25, -0.2) is 0 Å². The van der Waals surface area contributed by atoms with Gasteiger partial charge < -0.3 is 0 Å². The second-order valence-electron chi connectivity index (χ2n) is 3.35. The summed E-state index contributed by atoms with van der Waals surface area (Å²) in [5, 5.41) is 9.71. The van der Waals surface area contributed by atoms with Crippen LogP contribution in [0.5, 0.6) is 0 Å². The Morgan fingerprint density at radius 2 is 1.92 bits per heavy atom. The van der Waals surface area contributed by atoms with Gasteiger partial charge >= 0.3 is 0 Å². The molecular formula is C10H21N3. The van der Waals surface area contributed by atoms with Gasteiger partial charge in [0, 0.05) is 12.4 Å². The summed E-state index contributed by atoms with van der Waals surface area (Å²) in [6.45, 7) is 10.5. The first-order valence-electron chi connectivity index (χ1n) is 4.96. The molecule has 0 fully saturated rings. The Balaban J connectivity index is 3.60. The molecule has 0 aliphatic carbocycles. The van der Waals surface area contributed by atoms with Crippen molar-refractivity contribution in [2.75, 3.05) is 6.54 Å². The van der Waals surface area contributed by atoms with Gasteiger partial charge in [0.25, 0.3) is 0 Å². The minimum Gasteiger partial charge on any atom is -0.186 e. The summed E-state index contributed by atoms with van der Waals surface area (Å²) >= 11 is 0. The molecule has 0 spiro atoms. The lowest BCUT2D eigenvalue weighted by Crippen LogP contribution is -2.12. The number of hydrogen-bond donors (Lipinski definition) is 0. The number of hydrazone groups is 2. The lowest BCUT2D eigenvalue weighted by atomic mass is 10.2. The molecule has 3 nitrogen and oxygen atoms in total. The molecule has 0 atom stereocenters. The molecule has 0 aromatic carbocycles. The van der Waals surface area contributed by atoms with Gasteiger partial charge in [-0.2, -0.15) is 15.3 Å². The minimum absolute atomic E-state index is 0.884. The molecule has 0 aromatic heterocycles. The number of rotatable bonds is 7. The lowest BCUT2D eigenvalue weighted by Gasteiger charge is -2.12. The molecule has 0 heterocycles. The second kappa shape index (κ2) is 7.77. The van der Waals surface area contributed by atoms with Crippen LogP contribution in [-0.4, -0.2) is 24.1 Å². The quantitative estimate of drug-likeness (QED) is 0.339. The van der Waals surface area contributed by atoms with Crippen LogP contribution in [0, 0.1) is 0 Å². The van der Waals surface area contributed by atoms with Crippen LogP contribution in [0.25, 0.3) is 0 Å².